The first-order valence-electron chi connectivity index (χ1n) is 7.55. The molecule has 4 nitrogen and oxygen atoms in total. The van der Waals surface area contributed by atoms with Crippen LogP contribution in [0, 0.1) is 12.3 Å². The monoisotopic (exact) mass is 286 g/mol. The summed E-state index contributed by atoms with van der Waals surface area (Å²) in [5.74, 6) is 0.263. The van der Waals surface area contributed by atoms with Crippen LogP contribution in [0.4, 0.5) is 0 Å². The molecule has 1 saturated heterocycles. The van der Waals surface area contributed by atoms with Crippen molar-refractivity contribution in [2.24, 2.45) is 5.41 Å². The Morgan fingerprint density at radius 2 is 2.29 bits per heavy atom. The van der Waals surface area contributed by atoms with Crippen molar-refractivity contribution in [1.29, 1.82) is 0 Å². The first-order chi connectivity index (χ1) is 10.1. The first kappa shape index (κ1) is 14.1. The van der Waals surface area contributed by atoms with Crippen LogP contribution >= 0.6 is 0 Å². The number of rotatable bonds is 3. The lowest BCUT2D eigenvalue weighted by Crippen LogP contribution is -2.45. The number of hydrogen-bond donors (Lipinski definition) is 2. The van der Waals surface area contributed by atoms with Crippen LogP contribution in [0.25, 0.3) is 11.0 Å². The van der Waals surface area contributed by atoms with Crippen molar-refractivity contribution >= 4 is 16.9 Å². The maximum absolute atomic E-state index is 12.3. The fourth-order valence-corrected chi connectivity index (χ4v) is 2.93. The van der Waals surface area contributed by atoms with Gasteiger partial charge >= 0.3 is 0 Å². The molecule has 2 aromatic rings. The summed E-state index contributed by atoms with van der Waals surface area (Å²) in [6.07, 6.45) is 2.30. The van der Waals surface area contributed by atoms with Crippen LogP contribution in [-0.4, -0.2) is 25.5 Å². The summed E-state index contributed by atoms with van der Waals surface area (Å²) in [5.41, 5.74) is 2.06. The van der Waals surface area contributed by atoms with E-state index >= 15 is 0 Å². The quantitative estimate of drug-likeness (QED) is 0.912. The Morgan fingerprint density at radius 1 is 1.43 bits per heavy atom. The van der Waals surface area contributed by atoms with Crippen molar-refractivity contribution < 1.29 is 9.21 Å². The molecule has 0 radical (unpaired) electrons. The van der Waals surface area contributed by atoms with E-state index in [1.165, 1.54) is 0 Å². The third-order valence-electron chi connectivity index (χ3n) is 4.26. The van der Waals surface area contributed by atoms with E-state index < -0.39 is 0 Å². The van der Waals surface area contributed by atoms with Crippen molar-refractivity contribution in [2.75, 3.05) is 19.6 Å². The van der Waals surface area contributed by atoms with E-state index in [0.717, 1.165) is 42.5 Å². The second-order valence-corrected chi connectivity index (χ2v) is 6.43. The van der Waals surface area contributed by atoms with Gasteiger partial charge in [0, 0.05) is 18.5 Å². The molecule has 1 aliphatic heterocycles. The van der Waals surface area contributed by atoms with Crippen LogP contribution in [-0.2, 0) is 0 Å². The first-order valence-corrected chi connectivity index (χ1v) is 7.55. The van der Waals surface area contributed by atoms with Gasteiger partial charge in [-0.2, -0.15) is 0 Å². The lowest BCUT2D eigenvalue weighted by molar-refractivity contribution is 0.0899. The van der Waals surface area contributed by atoms with Crippen LogP contribution in [0.15, 0.2) is 28.7 Å². The van der Waals surface area contributed by atoms with Gasteiger partial charge in [0.1, 0.15) is 5.58 Å². The Hall–Kier alpha value is -1.81. The fraction of sp³-hybridized carbons (Fsp3) is 0.471. The summed E-state index contributed by atoms with van der Waals surface area (Å²) in [4.78, 5) is 12.3. The second kappa shape index (κ2) is 5.53. The van der Waals surface area contributed by atoms with E-state index in [1.54, 1.807) is 0 Å². The van der Waals surface area contributed by atoms with Crippen LogP contribution in [0.1, 0.15) is 35.9 Å². The number of benzene rings is 1. The predicted octanol–water partition coefficient (Wildman–Crippen LogP) is 2.86. The maximum Gasteiger partial charge on any atom is 0.287 e. The number of piperidine rings is 1. The molecule has 0 spiro atoms. The van der Waals surface area contributed by atoms with Gasteiger partial charge in [-0.25, -0.2) is 0 Å². The molecule has 1 unspecified atom stereocenters. The third kappa shape index (κ3) is 3.10. The van der Waals surface area contributed by atoms with E-state index in [0.29, 0.717) is 12.3 Å². The standard InChI is InChI=1S/C17H22N2O2/c1-12-4-5-14-13(8-12)9-15(21-14)16(20)19-11-17(2)6-3-7-18-10-17/h4-5,8-9,18H,3,6-7,10-11H2,1-2H3,(H,19,20). The molecule has 1 aliphatic rings. The van der Waals surface area contributed by atoms with Crippen molar-refractivity contribution in [3.8, 4) is 0 Å². The highest BCUT2D eigenvalue weighted by atomic mass is 16.3. The van der Waals surface area contributed by atoms with Crippen LogP contribution in [0.5, 0.6) is 0 Å². The lowest BCUT2D eigenvalue weighted by Gasteiger charge is -2.34. The summed E-state index contributed by atoms with van der Waals surface area (Å²) >= 11 is 0. The molecule has 21 heavy (non-hydrogen) atoms. The molecule has 1 amide bonds. The average Bonchev–Trinajstić information content (AvgIpc) is 2.88. The highest BCUT2D eigenvalue weighted by Gasteiger charge is 2.27. The largest absolute Gasteiger partial charge is 0.451 e. The van der Waals surface area contributed by atoms with Gasteiger partial charge in [-0.15, -0.1) is 0 Å². The molecule has 4 heteroatoms. The van der Waals surface area contributed by atoms with Crippen LogP contribution in [0.2, 0.25) is 0 Å². The number of nitrogens with one attached hydrogen (secondary N) is 2. The molecule has 1 aromatic carbocycles. The van der Waals surface area contributed by atoms with Gasteiger partial charge < -0.3 is 15.1 Å². The molecular weight excluding hydrogens is 264 g/mol. The van der Waals surface area contributed by atoms with Gasteiger partial charge in [0.05, 0.1) is 0 Å². The van der Waals surface area contributed by atoms with Gasteiger partial charge in [-0.3, -0.25) is 4.79 Å². The van der Waals surface area contributed by atoms with E-state index in [4.69, 9.17) is 4.42 Å². The lowest BCUT2D eigenvalue weighted by atomic mass is 9.83. The van der Waals surface area contributed by atoms with Crippen molar-refractivity contribution in [1.82, 2.24) is 10.6 Å². The van der Waals surface area contributed by atoms with Crippen LogP contribution < -0.4 is 10.6 Å². The summed E-state index contributed by atoms with van der Waals surface area (Å²) < 4.78 is 5.63. The summed E-state index contributed by atoms with van der Waals surface area (Å²) in [5, 5.41) is 7.38. The molecule has 2 N–H and O–H groups in total. The minimum absolute atomic E-state index is 0.129. The number of furan rings is 1. The molecule has 1 atom stereocenters. The van der Waals surface area contributed by atoms with Gasteiger partial charge in [-0.1, -0.05) is 18.6 Å². The number of hydrogen-bond acceptors (Lipinski definition) is 3. The topological polar surface area (TPSA) is 54.3 Å². The van der Waals surface area contributed by atoms with Gasteiger partial charge in [0.15, 0.2) is 5.76 Å². The zero-order valence-corrected chi connectivity index (χ0v) is 12.7. The number of aryl methyl sites for hydroxylation is 1. The van der Waals surface area contributed by atoms with Crippen molar-refractivity contribution in [3.63, 3.8) is 0 Å². The Labute approximate surface area is 124 Å². The molecule has 112 valence electrons. The maximum atomic E-state index is 12.3. The molecule has 1 aromatic heterocycles. The van der Waals surface area contributed by atoms with E-state index in [-0.39, 0.29) is 11.3 Å². The summed E-state index contributed by atoms with van der Waals surface area (Å²) in [6, 6.07) is 7.75. The highest BCUT2D eigenvalue weighted by molar-refractivity contribution is 5.96. The molecule has 2 heterocycles. The predicted molar refractivity (Wildman–Crippen MR) is 83.5 cm³/mol. The SMILES string of the molecule is Cc1ccc2oc(C(=O)NCC3(C)CCCNC3)cc2c1. The normalized spacial score (nSPS) is 22.4. The van der Waals surface area contributed by atoms with Gasteiger partial charge in [0.2, 0.25) is 0 Å². The number of fused-ring (bicyclic) bond motifs is 1. The minimum atomic E-state index is -0.129. The Balaban J connectivity index is 1.69. The highest BCUT2D eigenvalue weighted by Crippen LogP contribution is 2.25. The smallest absolute Gasteiger partial charge is 0.287 e. The molecule has 0 saturated carbocycles. The Bertz CT molecular complexity index is 654. The Morgan fingerprint density at radius 3 is 3.05 bits per heavy atom. The van der Waals surface area contributed by atoms with Crippen molar-refractivity contribution in [2.45, 2.75) is 26.7 Å². The molecule has 0 aliphatic carbocycles. The summed E-state index contributed by atoms with van der Waals surface area (Å²) in [6.45, 7) is 6.94. The van der Waals surface area contributed by atoms with Crippen molar-refractivity contribution in [3.05, 3.63) is 35.6 Å². The average molecular weight is 286 g/mol. The Kier molecular flexibility index (Phi) is 3.72. The third-order valence-corrected chi connectivity index (χ3v) is 4.26. The second-order valence-electron chi connectivity index (χ2n) is 6.43. The van der Waals surface area contributed by atoms with Crippen LogP contribution in [0.3, 0.4) is 0 Å². The molecule has 3 rings (SSSR count). The molecule has 0 bridgehead atoms. The van der Waals surface area contributed by atoms with Gasteiger partial charge in [-0.05, 0) is 49.9 Å². The zero-order chi connectivity index (χ0) is 14.9. The van der Waals surface area contributed by atoms with E-state index in [9.17, 15) is 4.79 Å². The zero-order valence-electron chi connectivity index (χ0n) is 12.7. The molecular formula is C17H22N2O2. The summed E-state index contributed by atoms with van der Waals surface area (Å²) in [7, 11) is 0. The molecule has 1 fully saturated rings. The van der Waals surface area contributed by atoms with E-state index in [2.05, 4.69) is 17.6 Å². The minimum Gasteiger partial charge on any atom is -0.451 e. The number of amides is 1. The number of carbonyl (C=O) groups excluding carboxylic acids is 1. The fourth-order valence-electron chi connectivity index (χ4n) is 2.93. The van der Waals surface area contributed by atoms with E-state index in [1.807, 2.05) is 31.2 Å². The number of carbonyl (C=O) groups is 1. The van der Waals surface area contributed by atoms with Gasteiger partial charge in [0.25, 0.3) is 5.91 Å².